The second kappa shape index (κ2) is 4.37. The topological polar surface area (TPSA) is 9.23 Å². The summed E-state index contributed by atoms with van der Waals surface area (Å²) in [6.07, 6.45) is 0. The molecule has 0 aliphatic rings. The van der Waals surface area contributed by atoms with Crippen LogP contribution in [0.5, 0.6) is 5.75 Å². The minimum absolute atomic E-state index is 0.711. The number of fused-ring (bicyclic) bond motifs is 1. The minimum atomic E-state index is 0.711. The number of benzene rings is 1. The van der Waals surface area contributed by atoms with Crippen molar-refractivity contribution in [1.82, 2.24) is 0 Å². The molecule has 0 aliphatic heterocycles. The molecule has 2 aromatic rings. The van der Waals surface area contributed by atoms with Gasteiger partial charge in [-0.05, 0) is 57.6 Å². The van der Waals surface area contributed by atoms with Crippen molar-refractivity contribution >= 4 is 59.9 Å². The summed E-state index contributed by atoms with van der Waals surface area (Å²) < 4.78 is 9.26. The molecule has 1 aromatic carbocycles. The zero-order chi connectivity index (χ0) is 10.1. The van der Waals surface area contributed by atoms with Crippen LogP contribution in [0.2, 0.25) is 0 Å². The molecule has 0 amide bonds. The summed E-state index contributed by atoms with van der Waals surface area (Å²) in [7, 11) is 0. The molecule has 0 radical (unpaired) electrons. The zero-order valence-corrected chi connectivity index (χ0v) is 12.1. The van der Waals surface area contributed by atoms with Crippen molar-refractivity contribution in [3.63, 3.8) is 0 Å². The molecule has 0 spiro atoms. The van der Waals surface area contributed by atoms with E-state index in [-0.39, 0.29) is 0 Å². The average Bonchev–Trinajstić information content (AvgIpc) is 2.55. The number of hydrogen-bond donors (Lipinski definition) is 0. The van der Waals surface area contributed by atoms with Gasteiger partial charge in [0, 0.05) is 18.8 Å². The highest BCUT2D eigenvalue weighted by atomic mass is 127. The highest BCUT2D eigenvalue weighted by Gasteiger charge is 2.10. The number of ether oxygens (including phenoxy) is 1. The number of halogens is 2. The molecule has 0 fully saturated rings. The number of rotatable bonds is 2. The molecule has 0 unspecified atom stereocenters. The van der Waals surface area contributed by atoms with Crippen molar-refractivity contribution in [1.29, 1.82) is 0 Å². The van der Waals surface area contributed by atoms with E-state index in [1.165, 1.54) is 13.7 Å². The Balaban J connectivity index is 2.72. The van der Waals surface area contributed by atoms with Crippen LogP contribution < -0.4 is 4.74 Å². The van der Waals surface area contributed by atoms with Crippen LogP contribution >= 0.6 is 49.9 Å². The van der Waals surface area contributed by atoms with Crippen molar-refractivity contribution in [2.45, 2.75) is 6.92 Å². The van der Waals surface area contributed by atoms with E-state index in [0.717, 1.165) is 10.2 Å². The smallest absolute Gasteiger partial charge is 0.129 e. The average molecular weight is 383 g/mol. The second-order valence-corrected chi connectivity index (χ2v) is 5.66. The van der Waals surface area contributed by atoms with Crippen LogP contribution in [-0.4, -0.2) is 6.61 Å². The van der Waals surface area contributed by atoms with Crippen molar-refractivity contribution in [3.05, 3.63) is 25.6 Å². The molecule has 14 heavy (non-hydrogen) atoms. The highest BCUT2D eigenvalue weighted by Crippen LogP contribution is 2.39. The Morgan fingerprint density at radius 2 is 2.29 bits per heavy atom. The van der Waals surface area contributed by atoms with Gasteiger partial charge < -0.3 is 4.74 Å². The molecule has 2 rings (SSSR count). The fourth-order valence-corrected chi connectivity index (χ4v) is 3.88. The molecule has 0 N–H and O–H groups in total. The van der Waals surface area contributed by atoms with E-state index in [9.17, 15) is 0 Å². The molecule has 0 atom stereocenters. The standard InChI is InChI=1S/C10H8BrIOS/c1-2-13-8-4-3-6(11)10-9(8)7(12)5-14-10/h3-5H,2H2,1H3. The molecule has 0 saturated carbocycles. The van der Waals surface area contributed by atoms with Gasteiger partial charge in [0.15, 0.2) is 0 Å². The summed E-state index contributed by atoms with van der Waals surface area (Å²) in [6.45, 7) is 2.72. The summed E-state index contributed by atoms with van der Waals surface area (Å²) in [6, 6.07) is 4.06. The van der Waals surface area contributed by atoms with Crippen molar-refractivity contribution < 1.29 is 4.74 Å². The van der Waals surface area contributed by atoms with Gasteiger partial charge in [0.05, 0.1) is 11.3 Å². The Kier molecular flexibility index (Phi) is 3.34. The van der Waals surface area contributed by atoms with Gasteiger partial charge in [-0.3, -0.25) is 0 Å². The van der Waals surface area contributed by atoms with Crippen LogP contribution in [0.15, 0.2) is 22.0 Å². The van der Waals surface area contributed by atoms with E-state index in [1.807, 2.05) is 19.1 Å². The number of hydrogen-bond acceptors (Lipinski definition) is 2. The third kappa shape index (κ3) is 1.79. The largest absolute Gasteiger partial charge is 0.493 e. The first-order chi connectivity index (χ1) is 6.74. The van der Waals surface area contributed by atoms with Gasteiger partial charge in [0.2, 0.25) is 0 Å². The molecule has 4 heteroatoms. The third-order valence-electron chi connectivity index (χ3n) is 1.89. The first-order valence-electron chi connectivity index (χ1n) is 4.22. The monoisotopic (exact) mass is 382 g/mol. The predicted octanol–water partition coefficient (Wildman–Crippen LogP) is 4.67. The first-order valence-corrected chi connectivity index (χ1v) is 6.97. The fourth-order valence-electron chi connectivity index (χ4n) is 1.33. The lowest BCUT2D eigenvalue weighted by Crippen LogP contribution is -1.91. The Morgan fingerprint density at radius 1 is 1.50 bits per heavy atom. The summed E-state index contributed by atoms with van der Waals surface area (Å²) in [4.78, 5) is 0. The summed E-state index contributed by atoms with van der Waals surface area (Å²) in [5.74, 6) is 0.983. The van der Waals surface area contributed by atoms with Crippen LogP contribution in [0.25, 0.3) is 10.1 Å². The van der Waals surface area contributed by atoms with Gasteiger partial charge >= 0.3 is 0 Å². The van der Waals surface area contributed by atoms with Gasteiger partial charge in [-0.2, -0.15) is 0 Å². The van der Waals surface area contributed by atoms with Crippen LogP contribution in [-0.2, 0) is 0 Å². The Labute approximate surface area is 109 Å². The Bertz CT molecular complexity index is 466. The summed E-state index contributed by atoms with van der Waals surface area (Å²) in [5, 5.41) is 3.38. The minimum Gasteiger partial charge on any atom is -0.493 e. The van der Waals surface area contributed by atoms with Gasteiger partial charge in [0.1, 0.15) is 5.75 Å². The van der Waals surface area contributed by atoms with Crippen molar-refractivity contribution in [2.75, 3.05) is 6.61 Å². The van der Waals surface area contributed by atoms with E-state index in [1.54, 1.807) is 11.3 Å². The molecule has 0 bridgehead atoms. The normalized spacial score (nSPS) is 10.8. The van der Waals surface area contributed by atoms with Gasteiger partial charge in [0.25, 0.3) is 0 Å². The Hall–Kier alpha value is 0.190. The molecular weight excluding hydrogens is 375 g/mol. The Morgan fingerprint density at radius 3 is 3.00 bits per heavy atom. The fraction of sp³-hybridized carbons (Fsp3) is 0.200. The van der Waals surface area contributed by atoms with Gasteiger partial charge in [-0.15, -0.1) is 11.3 Å². The van der Waals surface area contributed by atoms with Crippen LogP contribution in [0.3, 0.4) is 0 Å². The van der Waals surface area contributed by atoms with E-state index in [2.05, 4.69) is 43.9 Å². The van der Waals surface area contributed by atoms with E-state index in [0.29, 0.717) is 6.61 Å². The maximum absolute atomic E-state index is 5.59. The van der Waals surface area contributed by atoms with E-state index >= 15 is 0 Å². The van der Waals surface area contributed by atoms with E-state index in [4.69, 9.17) is 4.74 Å². The lowest BCUT2D eigenvalue weighted by molar-refractivity contribution is 0.344. The third-order valence-corrected chi connectivity index (χ3v) is 5.10. The molecular formula is C10H8BrIOS. The molecule has 74 valence electrons. The van der Waals surface area contributed by atoms with Crippen molar-refractivity contribution in [2.24, 2.45) is 0 Å². The summed E-state index contributed by atoms with van der Waals surface area (Å²) >= 11 is 7.64. The lowest BCUT2D eigenvalue weighted by atomic mass is 10.2. The molecule has 1 nitrogen and oxygen atoms in total. The zero-order valence-electron chi connectivity index (χ0n) is 7.51. The van der Waals surface area contributed by atoms with Gasteiger partial charge in [-0.25, -0.2) is 0 Å². The predicted molar refractivity (Wildman–Crippen MR) is 73.4 cm³/mol. The quantitative estimate of drug-likeness (QED) is 0.686. The molecule has 0 aliphatic carbocycles. The van der Waals surface area contributed by atoms with Crippen molar-refractivity contribution in [3.8, 4) is 5.75 Å². The first kappa shape index (κ1) is 10.7. The molecule has 1 aromatic heterocycles. The van der Waals surface area contributed by atoms with Crippen LogP contribution in [0.1, 0.15) is 6.92 Å². The second-order valence-electron chi connectivity index (χ2n) is 2.77. The van der Waals surface area contributed by atoms with E-state index < -0.39 is 0 Å². The van der Waals surface area contributed by atoms with Crippen LogP contribution in [0.4, 0.5) is 0 Å². The lowest BCUT2D eigenvalue weighted by Gasteiger charge is -2.05. The van der Waals surface area contributed by atoms with Gasteiger partial charge in [-0.1, -0.05) is 0 Å². The maximum Gasteiger partial charge on any atom is 0.129 e. The summed E-state index contributed by atoms with van der Waals surface area (Å²) in [5.41, 5.74) is 0. The molecule has 0 saturated heterocycles. The van der Waals surface area contributed by atoms with Crippen LogP contribution in [0, 0.1) is 3.57 Å². The highest BCUT2D eigenvalue weighted by molar-refractivity contribution is 14.1. The molecule has 1 heterocycles. The SMILES string of the molecule is CCOc1ccc(Br)c2scc(I)c12. The number of thiophene rings is 1. The maximum atomic E-state index is 5.59.